The zero-order valence-corrected chi connectivity index (χ0v) is 8.34. The first-order valence-corrected chi connectivity index (χ1v) is 4.83. The average molecular weight is 205 g/mol. The van der Waals surface area contributed by atoms with Gasteiger partial charge in [-0.05, 0) is 12.8 Å². The lowest BCUT2D eigenvalue weighted by Gasteiger charge is -2.02. The molecule has 3 rings (SSSR count). The van der Waals surface area contributed by atoms with E-state index in [0.29, 0.717) is 23.4 Å². The SMILES string of the molecule is COc1ncnc2c1nc(N)n2C1CC1. The Morgan fingerprint density at radius 2 is 2.27 bits per heavy atom. The fourth-order valence-electron chi connectivity index (χ4n) is 1.75. The zero-order valence-electron chi connectivity index (χ0n) is 8.34. The van der Waals surface area contributed by atoms with Crippen LogP contribution in [-0.2, 0) is 0 Å². The summed E-state index contributed by atoms with van der Waals surface area (Å²) < 4.78 is 7.07. The third-order valence-corrected chi connectivity index (χ3v) is 2.58. The monoisotopic (exact) mass is 205 g/mol. The lowest BCUT2D eigenvalue weighted by atomic mass is 10.5. The van der Waals surface area contributed by atoms with Crippen molar-refractivity contribution in [2.45, 2.75) is 18.9 Å². The topological polar surface area (TPSA) is 78.8 Å². The van der Waals surface area contributed by atoms with Gasteiger partial charge in [-0.3, -0.25) is 4.57 Å². The lowest BCUT2D eigenvalue weighted by Crippen LogP contribution is -2.01. The van der Waals surface area contributed by atoms with Crippen molar-refractivity contribution in [2.75, 3.05) is 12.8 Å². The number of nitrogens with zero attached hydrogens (tertiary/aromatic N) is 4. The number of hydrogen-bond acceptors (Lipinski definition) is 5. The van der Waals surface area contributed by atoms with Crippen LogP contribution in [0.5, 0.6) is 5.88 Å². The van der Waals surface area contributed by atoms with E-state index in [9.17, 15) is 0 Å². The van der Waals surface area contributed by atoms with Gasteiger partial charge in [-0.1, -0.05) is 0 Å². The van der Waals surface area contributed by atoms with Gasteiger partial charge in [0.25, 0.3) is 0 Å². The van der Waals surface area contributed by atoms with Crippen LogP contribution in [0.4, 0.5) is 5.95 Å². The van der Waals surface area contributed by atoms with Crippen LogP contribution in [0.1, 0.15) is 18.9 Å². The highest BCUT2D eigenvalue weighted by Gasteiger charge is 2.29. The molecule has 0 amide bonds. The summed E-state index contributed by atoms with van der Waals surface area (Å²) in [6.45, 7) is 0. The van der Waals surface area contributed by atoms with Crippen molar-refractivity contribution in [3.63, 3.8) is 0 Å². The maximum absolute atomic E-state index is 5.85. The Morgan fingerprint density at radius 1 is 1.47 bits per heavy atom. The Bertz CT molecular complexity index is 516. The summed E-state index contributed by atoms with van der Waals surface area (Å²) in [5, 5.41) is 0. The first-order chi connectivity index (χ1) is 7.31. The number of ether oxygens (including phenoxy) is 1. The number of hydrogen-bond donors (Lipinski definition) is 1. The Labute approximate surface area is 86.1 Å². The molecule has 2 N–H and O–H groups in total. The van der Waals surface area contributed by atoms with Crippen molar-refractivity contribution in [1.82, 2.24) is 19.5 Å². The molecular formula is C9H11N5O. The second kappa shape index (κ2) is 2.82. The smallest absolute Gasteiger partial charge is 0.245 e. The number of nitrogen functional groups attached to an aromatic ring is 1. The molecule has 0 saturated heterocycles. The van der Waals surface area contributed by atoms with Gasteiger partial charge in [-0.2, -0.15) is 4.98 Å². The van der Waals surface area contributed by atoms with Crippen molar-refractivity contribution >= 4 is 17.1 Å². The van der Waals surface area contributed by atoms with E-state index in [1.165, 1.54) is 6.33 Å². The molecule has 6 heteroatoms. The molecule has 0 atom stereocenters. The summed E-state index contributed by atoms with van der Waals surface area (Å²) in [4.78, 5) is 12.4. The maximum Gasteiger partial charge on any atom is 0.245 e. The van der Waals surface area contributed by atoms with Crippen LogP contribution < -0.4 is 10.5 Å². The Morgan fingerprint density at radius 3 is 2.93 bits per heavy atom. The predicted molar refractivity (Wildman–Crippen MR) is 54.6 cm³/mol. The largest absolute Gasteiger partial charge is 0.479 e. The van der Waals surface area contributed by atoms with Crippen LogP contribution >= 0.6 is 0 Å². The number of anilines is 1. The van der Waals surface area contributed by atoms with Crippen molar-refractivity contribution in [2.24, 2.45) is 0 Å². The molecule has 0 aromatic carbocycles. The molecular weight excluding hydrogens is 194 g/mol. The molecule has 2 aromatic heterocycles. The van der Waals surface area contributed by atoms with E-state index in [1.54, 1.807) is 7.11 Å². The fourth-order valence-corrected chi connectivity index (χ4v) is 1.75. The molecule has 15 heavy (non-hydrogen) atoms. The minimum absolute atomic E-state index is 0.453. The number of rotatable bonds is 2. The molecule has 0 unspecified atom stereocenters. The van der Waals surface area contributed by atoms with Gasteiger partial charge in [0.05, 0.1) is 7.11 Å². The predicted octanol–water partition coefficient (Wildman–Crippen LogP) is 0.752. The molecule has 1 aliphatic rings. The lowest BCUT2D eigenvalue weighted by molar-refractivity contribution is 0.401. The number of aromatic nitrogens is 4. The van der Waals surface area contributed by atoms with Gasteiger partial charge in [0.15, 0.2) is 11.2 Å². The third-order valence-electron chi connectivity index (χ3n) is 2.58. The van der Waals surface area contributed by atoms with E-state index in [2.05, 4.69) is 15.0 Å². The molecule has 0 bridgehead atoms. The Kier molecular flexibility index (Phi) is 1.59. The van der Waals surface area contributed by atoms with Crippen molar-refractivity contribution in [3.8, 4) is 5.88 Å². The summed E-state index contributed by atoms with van der Waals surface area (Å²) in [5.74, 6) is 0.970. The molecule has 2 aromatic rings. The van der Waals surface area contributed by atoms with E-state index in [1.807, 2.05) is 4.57 Å². The number of imidazole rings is 1. The summed E-state index contributed by atoms with van der Waals surface area (Å²) in [6, 6.07) is 0.453. The number of fused-ring (bicyclic) bond motifs is 1. The van der Waals surface area contributed by atoms with Gasteiger partial charge in [0.2, 0.25) is 11.8 Å². The third kappa shape index (κ3) is 1.14. The van der Waals surface area contributed by atoms with Crippen LogP contribution in [0.3, 0.4) is 0 Å². The maximum atomic E-state index is 5.85. The fraction of sp³-hybridized carbons (Fsp3) is 0.444. The van der Waals surface area contributed by atoms with Gasteiger partial charge >= 0.3 is 0 Å². The average Bonchev–Trinajstić information content (AvgIpc) is 3.00. The van der Waals surface area contributed by atoms with Crippen molar-refractivity contribution in [3.05, 3.63) is 6.33 Å². The summed E-state index contributed by atoms with van der Waals surface area (Å²) in [6.07, 6.45) is 3.76. The standard InChI is InChI=1S/C9H11N5O/c1-15-8-6-7(11-4-12-8)14(5-2-3-5)9(10)13-6/h4-5H,2-3H2,1H3,(H2,10,13). The highest BCUT2D eigenvalue weighted by atomic mass is 16.5. The summed E-state index contributed by atoms with van der Waals surface area (Å²) >= 11 is 0. The van der Waals surface area contributed by atoms with Gasteiger partial charge < -0.3 is 10.5 Å². The van der Waals surface area contributed by atoms with E-state index in [-0.39, 0.29) is 0 Å². The van der Waals surface area contributed by atoms with Crippen LogP contribution in [0.25, 0.3) is 11.2 Å². The second-order valence-corrected chi connectivity index (χ2v) is 3.63. The van der Waals surface area contributed by atoms with Crippen molar-refractivity contribution < 1.29 is 4.74 Å². The highest BCUT2D eigenvalue weighted by Crippen LogP contribution is 2.39. The van der Waals surface area contributed by atoms with Gasteiger partial charge in [-0.15, -0.1) is 0 Å². The van der Waals surface area contributed by atoms with Gasteiger partial charge in [0, 0.05) is 6.04 Å². The highest BCUT2D eigenvalue weighted by molar-refractivity contribution is 5.79. The zero-order chi connectivity index (χ0) is 10.4. The molecule has 6 nitrogen and oxygen atoms in total. The van der Waals surface area contributed by atoms with E-state index in [0.717, 1.165) is 18.5 Å². The van der Waals surface area contributed by atoms with Crippen LogP contribution in [0, 0.1) is 0 Å². The molecule has 1 fully saturated rings. The van der Waals surface area contributed by atoms with Crippen molar-refractivity contribution in [1.29, 1.82) is 0 Å². The quantitative estimate of drug-likeness (QED) is 0.782. The van der Waals surface area contributed by atoms with E-state index < -0.39 is 0 Å². The number of nitrogens with two attached hydrogens (primary N) is 1. The molecule has 2 heterocycles. The van der Waals surface area contributed by atoms with E-state index >= 15 is 0 Å². The van der Waals surface area contributed by atoms with Crippen LogP contribution in [-0.4, -0.2) is 26.6 Å². The summed E-state index contributed by atoms with van der Waals surface area (Å²) in [5.41, 5.74) is 7.25. The van der Waals surface area contributed by atoms with Crippen LogP contribution in [0.2, 0.25) is 0 Å². The first kappa shape index (κ1) is 8.46. The molecule has 1 saturated carbocycles. The van der Waals surface area contributed by atoms with Gasteiger partial charge in [-0.25, -0.2) is 9.97 Å². The molecule has 0 spiro atoms. The number of methoxy groups -OCH3 is 1. The van der Waals surface area contributed by atoms with E-state index in [4.69, 9.17) is 10.5 Å². The molecule has 78 valence electrons. The molecule has 0 radical (unpaired) electrons. The second-order valence-electron chi connectivity index (χ2n) is 3.63. The molecule has 0 aliphatic heterocycles. The minimum Gasteiger partial charge on any atom is -0.479 e. The molecule has 1 aliphatic carbocycles. The summed E-state index contributed by atoms with van der Waals surface area (Å²) in [7, 11) is 1.56. The Hall–Kier alpha value is -1.85. The Balaban J connectivity index is 2.31. The normalized spacial score (nSPS) is 15.8. The van der Waals surface area contributed by atoms with Crippen LogP contribution in [0.15, 0.2) is 6.33 Å². The first-order valence-electron chi connectivity index (χ1n) is 4.83. The van der Waals surface area contributed by atoms with Gasteiger partial charge in [0.1, 0.15) is 6.33 Å². The minimum atomic E-state index is 0.453.